The van der Waals surface area contributed by atoms with Crippen molar-refractivity contribution >= 4 is 23.2 Å². The molecule has 0 spiro atoms. The van der Waals surface area contributed by atoms with Crippen LogP contribution in [0.1, 0.15) is 28.8 Å². The lowest BCUT2D eigenvalue weighted by atomic mass is 10.1. The second kappa shape index (κ2) is 7.28. The lowest BCUT2D eigenvalue weighted by molar-refractivity contribution is 0.102. The number of benzene rings is 2. The summed E-state index contributed by atoms with van der Waals surface area (Å²) in [5.41, 5.74) is 1.54. The zero-order valence-corrected chi connectivity index (χ0v) is 13.7. The molecule has 1 aliphatic rings. The molecule has 1 amide bonds. The van der Waals surface area contributed by atoms with Crippen molar-refractivity contribution < 1.29 is 13.6 Å². The van der Waals surface area contributed by atoms with E-state index in [0.29, 0.717) is 5.69 Å². The van der Waals surface area contributed by atoms with Crippen molar-refractivity contribution in [3.05, 3.63) is 64.2 Å². The van der Waals surface area contributed by atoms with Crippen molar-refractivity contribution in [2.45, 2.75) is 19.4 Å². The maximum atomic E-state index is 13.4. The van der Waals surface area contributed by atoms with Gasteiger partial charge >= 0.3 is 0 Å². The zero-order valence-electron chi connectivity index (χ0n) is 13.0. The molecular formula is C18H17ClF2N2O. The molecule has 24 heavy (non-hydrogen) atoms. The van der Waals surface area contributed by atoms with Crippen LogP contribution in [0.4, 0.5) is 14.5 Å². The number of nitrogens with zero attached hydrogens (tertiary/aromatic N) is 1. The first-order chi connectivity index (χ1) is 11.5. The van der Waals surface area contributed by atoms with Crippen molar-refractivity contribution in [1.29, 1.82) is 0 Å². The Hall–Kier alpha value is -1.98. The molecule has 0 unspecified atom stereocenters. The van der Waals surface area contributed by atoms with Crippen molar-refractivity contribution in [1.82, 2.24) is 4.90 Å². The van der Waals surface area contributed by atoms with Gasteiger partial charge in [-0.1, -0.05) is 29.8 Å². The van der Waals surface area contributed by atoms with Gasteiger partial charge in [0, 0.05) is 12.2 Å². The molecule has 3 rings (SSSR count). The number of nitrogens with one attached hydrogen (secondary N) is 1. The lowest BCUT2D eigenvalue weighted by Crippen LogP contribution is -2.20. The van der Waals surface area contributed by atoms with Gasteiger partial charge in [-0.3, -0.25) is 9.69 Å². The van der Waals surface area contributed by atoms with Gasteiger partial charge in [0.2, 0.25) is 0 Å². The molecule has 0 atom stereocenters. The van der Waals surface area contributed by atoms with E-state index in [-0.39, 0.29) is 10.6 Å². The Morgan fingerprint density at radius 2 is 1.79 bits per heavy atom. The molecule has 1 saturated heterocycles. The van der Waals surface area contributed by atoms with E-state index < -0.39 is 17.5 Å². The van der Waals surface area contributed by atoms with Crippen LogP contribution in [0.3, 0.4) is 0 Å². The topological polar surface area (TPSA) is 32.3 Å². The normalized spacial score (nSPS) is 14.8. The third kappa shape index (κ3) is 3.74. The summed E-state index contributed by atoms with van der Waals surface area (Å²) in [6, 6.07) is 9.08. The van der Waals surface area contributed by atoms with Crippen LogP contribution in [0.15, 0.2) is 36.4 Å². The molecule has 2 aromatic carbocycles. The molecule has 0 saturated carbocycles. The number of para-hydroxylation sites is 1. The van der Waals surface area contributed by atoms with Gasteiger partial charge < -0.3 is 5.32 Å². The molecule has 0 bridgehead atoms. The SMILES string of the molecule is O=C(Nc1ccccc1CN1CCCC1)c1cc(F)c(F)cc1Cl. The van der Waals surface area contributed by atoms with Crippen molar-refractivity contribution in [3.63, 3.8) is 0 Å². The Bertz CT molecular complexity index is 761. The predicted octanol–water partition coefficient (Wildman–Crippen LogP) is 4.47. The third-order valence-electron chi connectivity index (χ3n) is 4.11. The van der Waals surface area contributed by atoms with Gasteiger partial charge in [0.1, 0.15) is 0 Å². The minimum atomic E-state index is -1.10. The Balaban J connectivity index is 1.80. The summed E-state index contributed by atoms with van der Waals surface area (Å²) < 4.78 is 26.5. The van der Waals surface area contributed by atoms with Crippen LogP contribution in [0.5, 0.6) is 0 Å². The average molecular weight is 351 g/mol. The van der Waals surface area contributed by atoms with Crippen molar-refractivity contribution in [2.24, 2.45) is 0 Å². The first-order valence-corrected chi connectivity index (χ1v) is 8.18. The van der Waals surface area contributed by atoms with Gasteiger partial charge in [0.15, 0.2) is 11.6 Å². The maximum Gasteiger partial charge on any atom is 0.257 e. The summed E-state index contributed by atoms with van der Waals surface area (Å²) in [7, 11) is 0. The summed E-state index contributed by atoms with van der Waals surface area (Å²) in [4.78, 5) is 14.7. The van der Waals surface area contributed by atoms with Crippen LogP contribution in [0.25, 0.3) is 0 Å². The van der Waals surface area contributed by atoms with E-state index in [2.05, 4.69) is 10.2 Å². The van der Waals surface area contributed by atoms with Crippen molar-refractivity contribution in [3.8, 4) is 0 Å². The summed E-state index contributed by atoms with van der Waals surface area (Å²) in [5.74, 6) is -2.74. The van der Waals surface area contributed by atoms with Crippen LogP contribution in [-0.4, -0.2) is 23.9 Å². The fourth-order valence-corrected chi connectivity index (χ4v) is 3.08. The monoisotopic (exact) mass is 350 g/mol. The molecule has 1 N–H and O–H groups in total. The van der Waals surface area contributed by atoms with Gasteiger partial charge in [-0.15, -0.1) is 0 Å². The number of rotatable bonds is 4. The summed E-state index contributed by atoms with van der Waals surface area (Å²) >= 11 is 5.86. The average Bonchev–Trinajstić information content (AvgIpc) is 3.05. The summed E-state index contributed by atoms with van der Waals surface area (Å²) in [6.07, 6.45) is 2.36. The van der Waals surface area contributed by atoms with Gasteiger partial charge in [0.25, 0.3) is 5.91 Å². The molecule has 2 aromatic rings. The standard InChI is InChI=1S/C18H17ClF2N2O/c19-14-10-16(21)15(20)9-13(14)18(24)22-17-6-2-1-5-12(17)11-23-7-3-4-8-23/h1-2,5-6,9-10H,3-4,7-8,11H2,(H,22,24). The molecule has 1 fully saturated rings. The second-order valence-corrected chi connectivity index (χ2v) is 6.25. The van der Waals surface area contributed by atoms with E-state index in [0.717, 1.165) is 37.3 Å². The van der Waals surface area contributed by atoms with E-state index in [9.17, 15) is 13.6 Å². The van der Waals surface area contributed by atoms with E-state index >= 15 is 0 Å². The largest absolute Gasteiger partial charge is 0.322 e. The fraction of sp³-hybridized carbons (Fsp3) is 0.278. The van der Waals surface area contributed by atoms with Crippen LogP contribution >= 0.6 is 11.6 Å². The number of amides is 1. The number of carbonyl (C=O) groups excluding carboxylic acids is 1. The minimum absolute atomic E-state index is 0.0912. The number of hydrogen-bond acceptors (Lipinski definition) is 2. The highest BCUT2D eigenvalue weighted by Crippen LogP contribution is 2.24. The number of likely N-dealkylation sites (tertiary alicyclic amines) is 1. The van der Waals surface area contributed by atoms with Crippen LogP contribution in [0, 0.1) is 11.6 Å². The fourth-order valence-electron chi connectivity index (χ4n) is 2.85. The molecule has 0 radical (unpaired) electrons. The lowest BCUT2D eigenvalue weighted by Gasteiger charge is -2.18. The zero-order chi connectivity index (χ0) is 17.1. The molecule has 1 aliphatic heterocycles. The molecular weight excluding hydrogens is 334 g/mol. The van der Waals surface area contributed by atoms with E-state index in [1.165, 1.54) is 12.8 Å². The Morgan fingerprint density at radius 1 is 1.12 bits per heavy atom. The highest BCUT2D eigenvalue weighted by atomic mass is 35.5. The molecule has 0 aliphatic carbocycles. The van der Waals surface area contributed by atoms with Crippen LogP contribution in [0.2, 0.25) is 5.02 Å². The van der Waals surface area contributed by atoms with Gasteiger partial charge in [-0.25, -0.2) is 8.78 Å². The third-order valence-corrected chi connectivity index (χ3v) is 4.43. The first-order valence-electron chi connectivity index (χ1n) is 7.81. The number of carbonyl (C=O) groups is 1. The van der Waals surface area contributed by atoms with Gasteiger partial charge in [0.05, 0.1) is 10.6 Å². The Morgan fingerprint density at radius 3 is 2.54 bits per heavy atom. The van der Waals surface area contributed by atoms with Crippen LogP contribution in [-0.2, 0) is 6.54 Å². The highest BCUT2D eigenvalue weighted by Gasteiger charge is 2.18. The smallest absolute Gasteiger partial charge is 0.257 e. The van der Waals surface area contributed by atoms with Crippen LogP contribution < -0.4 is 5.32 Å². The second-order valence-electron chi connectivity index (χ2n) is 5.84. The first kappa shape index (κ1) is 16.9. The Kier molecular flexibility index (Phi) is 5.11. The number of anilines is 1. The summed E-state index contributed by atoms with van der Waals surface area (Å²) in [6.45, 7) is 2.82. The molecule has 0 aromatic heterocycles. The van der Waals surface area contributed by atoms with Crippen molar-refractivity contribution in [2.75, 3.05) is 18.4 Å². The Labute approximate surface area is 144 Å². The molecule has 126 valence electrons. The molecule has 1 heterocycles. The predicted molar refractivity (Wildman–Crippen MR) is 90.3 cm³/mol. The number of hydrogen-bond donors (Lipinski definition) is 1. The minimum Gasteiger partial charge on any atom is -0.322 e. The number of halogens is 3. The van der Waals surface area contributed by atoms with E-state index in [1.807, 2.05) is 18.2 Å². The molecule has 6 heteroatoms. The van der Waals surface area contributed by atoms with E-state index in [1.54, 1.807) is 6.07 Å². The maximum absolute atomic E-state index is 13.4. The van der Waals surface area contributed by atoms with E-state index in [4.69, 9.17) is 11.6 Å². The quantitative estimate of drug-likeness (QED) is 0.825. The highest BCUT2D eigenvalue weighted by molar-refractivity contribution is 6.34. The molecule has 3 nitrogen and oxygen atoms in total. The van der Waals surface area contributed by atoms with Gasteiger partial charge in [-0.2, -0.15) is 0 Å². The summed E-state index contributed by atoms with van der Waals surface area (Å²) in [5, 5.41) is 2.63. The van der Waals surface area contributed by atoms with Gasteiger partial charge in [-0.05, 0) is 49.7 Å².